The number of anilines is 1. The first-order valence-electron chi connectivity index (χ1n) is 8.72. The van der Waals surface area contributed by atoms with Crippen molar-refractivity contribution in [2.75, 3.05) is 19.0 Å². The molecular weight excluding hydrogens is 391 g/mol. The van der Waals surface area contributed by atoms with E-state index in [1.165, 1.54) is 6.92 Å². The Hall–Kier alpha value is -3.23. The van der Waals surface area contributed by atoms with Gasteiger partial charge in [0.05, 0.1) is 19.4 Å². The van der Waals surface area contributed by atoms with Crippen LogP contribution in [-0.4, -0.2) is 31.7 Å². The van der Waals surface area contributed by atoms with Crippen LogP contribution < -0.4 is 14.8 Å². The zero-order valence-electron chi connectivity index (χ0n) is 15.8. The van der Waals surface area contributed by atoms with Crippen molar-refractivity contribution >= 4 is 17.6 Å². The molecule has 0 unspecified atom stereocenters. The molecule has 6 nitrogen and oxygen atoms in total. The van der Waals surface area contributed by atoms with E-state index in [0.717, 1.165) is 6.07 Å². The van der Waals surface area contributed by atoms with Gasteiger partial charge in [-0.05, 0) is 49.7 Å². The highest BCUT2D eigenvalue weighted by atomic mass is 19.2. The maximum Gasteiger partial charge on any atom is 0.306 e. The third-order valence-electron chi connectivity index (χ3n) is 3.82. The second kappa shape index (κ2) is 10.4. The minimum atomic E-state index is -1.70. The molecule has 1 amide bonds. The standard InChI is InChI=1S/C20H20F3NO5/c1-12(20(26)24-16-10-9-15(21)18(22)19(16)23)29-17(25)4-3-11-28-14-7-5-13(27-2)6-8-14/h5-10,12H,3-4,11H2,1-2H3,(H,24,26)/t12-/m0/s1. The number of hydrogen-bond donors (Lipinski definition) is 1. The van der Waals surface area contributed by atoms with E-state index in [1.54, 1.807) is 31.4 Å². The molecule has 0 radical (unpaired) electrons. The zero-order valence-corrected chi connectivity index (χ0v) is 15.8. The molecule has 0 aliphatic heterocycles. The highest BCUT2D eigenvalue weighted by Crippen LogP contribution is 2.20. The molecule has 0 aliphatic carbocycles. The van der Waals surface area contributed by atoms with E-state index in [1.807, 2.05) is 5.32 Å². The van der Waals surface area contributed by atoms with Crippen molar-refractivity contribution in [3.63, 3.8) is 0 Å². The fourth-order valence-electron chi connectivity index (χ4n) is 2.24. The van der Waals surface area contributed by atoms with Gasteiger partial charge in [-0.2, -0.15) is 0 Å². The van der Waals surface area contributed by atoms with Crippen LogP contribution in [-0.2, 0) is 14.3 Å². The summed E-state index contributed by atoms with van der Waals surface area (Å²) in [5.74, 6) is -4.85. The van der Waals surface area contributed by atoms with E-state index in [-0.39, 0.29) is 13.0 Å². The van der Waals surface area contributed by atoms with Gasteiger partial charge in [0.15, 0.2) is 23.6 Å². The highest BCUT2D eigenvalue weighted by Gasteiger charge is 2.21. The minimum absolute atomic E-state index is 0.00663. The maximum atomic E-state index is 13.6. The van der Waals surface area contributed by atoms with Gasteiger partial charge in [-0.15, -0.1) is 0 Å². The third-order valence-corrected chi connectivity index (χ3v) is 3.82. The lowest BCUT2D eigenvalue weighted by molar-refractivity contribution is -0.153. The van der Waals surface area contributed by atoms with E-state index in [9.17, 15) is 22.8 Å². The summed E-state index contributed by atoms with van der Waals surface area (Å²) >= 11 is 0. The number of carbonyl (C=O) groups is 2. The summed E-state index contributed by atoms with van der Waals surface area (Å²) in [5.41, 5.74) is -0.551. The molecule has 0 heterocycles. The Balaban J connectivity index is 1.73. The molecule has 0 fully saturated rings. The fourth-order valence-corrected chi connectivity index (χ4v) is 2.24. The molecule has 0 saturated heterocycles. The predicted octanol–water partition coefficient (Wildman–Crippen LogP) is 3.84. The van der Waals surface area contributed by atoms with Crippen molar-refractivity contribution in [2.45, 2.75) is 25.9 Å². The number of rotatable bonds is 9. The molecule has 2 rings (SSSR count). The Kier molecular flexibility index (Phi) is 7.88. The Morgan fingerprint density at radius 2 is 1.66 bits per heavy atom. The van der Waals surface area contributed by atoms with Crippen molar-refractivity contribution < 1.29 is 37.0 Å². The Bertz CT molecular complexity index is 858. The SMILES string of the molecule is COc1ccc(OCCCC(=O)O[C@@H](C)C(=O)Nc2ccc(F)c(F)c2F)cc1. The average molecular weight is 411 g/mol. The van der Waals surface area contributed by atoms with Gasteiger partial charge in [-0.3, -0.25) is 9.59 Å². The summed E-state index contributed by atoms with van der Waals surface area (Å²) in [6, 6.07) is 8.46. The van der Waals surface area contributed by atoms with Crippen LogP contribution in [0.3, 0.4) is 0 Å². The van der Waals surface area contributed by atoms with Gasteiger partial charge in [-0.25, -0.2) is 13.2 Å². The van der Waals surface area contributed by atoms with Crippen molar-refractivity contribution in [1.29, 1.82) is 0 Å². The molecule has 9 heteroatoms. The first-order valence-corrected chi connectivity index (χ1v) is 8.72. The second-order valence-corrected chi connectivity index (χ2v) is 5.97. The van der Waals surface area contributed by atoms with Gasteiger partial charge >= 0.3 is 5.97 Å². The van der Waals surface area contributed by atoms with Gasteiger partial charge in [0.1, 0.15) is 11.5 Å². The smallest absolute Gasteiger partial charge is 0.306 e. The quantitative estimate of drug-likeness (QED) is 0.386. The number of hydrogen-bond acceptors (Lipinski definition) is 5. The summed E-state index contributed by atoms with van der Waals surface area (Å²) in [4.78, 5) is 23.8. The number of amides is 1. The molecule has 0 aliphatic rings. The van der Waals surface area contributed by atoms with Crippen LogP contribution in [0, 0.1) is 17.5 Å². The lowest BCUT2D eigenvalue weighted by Gasteiger charge is -2.14. The maximum absolute atomic E-state index is 13.6. The van der Waals surface area contributed by atoms with Crippen LogP contribution in [0.15, 0.2) is 36.4 Å². The number of carbonyl (C=O) groups excluding carboxylic acids is 2. The normalized spacial score (nSPS) is 11.5. The van der Waals surface area contributed by atoms with Crippen LogP contribution >= 0.6 is 0 Å². The minimum Gasteiger partial charge on any atom is -0.497 e. The number of benzene rings is 2. The van der Waals surface area contributed by atoms with E-state index in [2.05, 4.69) is 0 Å². The summed E-state index contributed by atoms with van der Waals surface area (Å²) in [7, 11) is 1.55. The average Bonchev–Trinajstić information content (AvgIpc) is 2.72. The number of halogens is 3. The van der Waals surface area contributed by atoms with E-state index >= 15 is 0 Å². The van der Waals surface area contributed by atoms with Crippen molar-refractivity contribution in [3.05, 3.63) is 53.8 Å². The van der Waals surface area contributed by atoms with Gasteiger partial charge < -0.3 is 19.5 Å². The summed E-state index contributed by atoms with van der Waals surface area (Å²) in [6.07, 6.45) is -0.915. The van der Waals surface area contributed by atoms with Crippen molar-refractivity contribution in [3.8, 4) is 11.5 Å². The topological polar surface area (TPSA) is 73.9 Å². The van der Waals surface area contributed by atoms with Gasteiger partial charge in [-0.1, -0.05) is 0 Å². The van der Waals surface area contributed by atoms with Crippen LogP contribution in [0.4, 0.5) is 18.9 Å². The van der Waals surface area contributed by atoms with Gasteiger partial charge in [0, 0.05) is 6.42 Å². The third kappa shape index (κ3) is 6.41. The van der Waals surface area contributed by atoms with Gasteiger partial charge in [0.2, 0.25) is 0 Å². The largest absolute Gasteiger partial charge is 0.497 e. The Morgan fingerprint density at radius 3 is 2.31 bits per heavy atom. The Morgan fingerprint density at radius 1 is 1.00 bits per heavy atom. The van der Waals surface area contributed by atoms with Crippen molar-refractivity contribution in [2.24, 2.45) is 0 Å². The second-order valence-electron chi connectivity index (χ2n) is 5.97. The molecule has 0 bridgehead atoms. The van der Waals surface area contributed by atoms with E-state index < -0.39 is 41.1 Å². The molecule has 156 valence electrons. The number of ether oxygens (including phenoxy) is 3. The first-order chi connectivity index (χ1) is 13.8. The molecule has 0 spiro atoms. The number of esters is 1. The van der Waals surface area contributed by atoms with Crippen LogP contribution in [0.25, 0.3) is 0 Å². The summed E-state index contributed by atoms with van der Waals surface area (Å²) < 4.78 is 55.1. The zero-order chi connectivity index (χ0) is 21.4. The molecule has 2 aromatic carbocycles. The monoisotopic (exact) mass is 411 g/mol. The van der Waals surface area contributed by atoms with Crippen LogP contribution in [0.5, 0.6) is 11.5 Å². The van der Waals surface area contributed by atoms with Gasteiger partial charge in [0.25, 0.3) is 5.91 Å². The molecule has 0 aromatic heterocycles. The lowest BCUT2D eigenvalue weighted by atomic mass is 10.2. The molecule has 2 aromatic rings. The van der Waals surface area contributed by atoms with Crippen LogP contribution in [0.2, 0.25) is 0 Å². The summed E-state index contributed by atoms with van der Waals surface area (Å²) in [6.45, 7) is 1.53. The lowest BCUT2D eigenvalue weighted by Crippen LogP contribution is -2.30. The predicted molar refractivity (Wildman–Crippen MR) is 98.2 cm³/mol. The van der Waals surface area contributed by atoms with E-state index in [4.69, 9.17) is 14.2 Å². The number of methoxy groups -OCH3 is 1. The summed E-state index contributed by atoms with van der Waals surface area (Å²) in [5, 5.41) is 2.05. The van der Waals surface area contributed by atoms with Crippen molar-refractivity contribution in [1.82, 2.24) is 0 Å². The Labute approximate surface area is 165 Å². The molecule has 0 saturated carbocycles. The van der Waals surface area contributed by atoms with E-state index in [0.29, 0.717) is 24.0 Å². The molecular formula is C20H20F3NO5. The number of nitrogens with one attached hydrogen (secondary N) is 1. The highest BCUT2D eigenvalue weighted by molar-refractivity contribution is 5.95. The first kappa shape index (κ1) is 22.1. The fraction of sp³-hybridized carbons (Fsp3) is 0.300. The molecule has 1 N–H and O–H groups in total. The van der Waals surface area contributed by atoms with Crippen LogP contribution in [0.1, 0.15) is 19.8 Å². The molecule has 29 heavy (non-hydrogen) atoms. The molecule has 1 atom stereocenters.